The van der Waals surface area contributed by atoms with Crippen molar-refractivity contribution >= 4 is 37.6 Å². The Hall–Kier alpha value is -0.350. The van der Waals surface area contributed by atoms with Gasteiger partial charge in [0.1, 0.15) is 11.4 Å². The lowest BCUT2D eigenvalue weighted by Crippen LogP contribution is -2.23. The van der Waals surface area contributed by atoms with Crippen molar-refractivity contribution < 1.29 is 9.53 Å². The van der Waals surface area contributed by atoms with E-state index in [9.17, 15) is 4.79 Å². The van der Waals surface area contributed by atoms with Gasteiger partial charge in [0.05, 0.1) is 4.83 Å². The Morgan fingerprint density at radius 3 is 2.24 bits per heavy atom. The molecule has 0 spiro atoms. The van der Waals surface area contributed by atoms with Gasteiger partial charge in [-0.15, -0.1) is 0 Å². The van der Waals surface area contributed by atoms with Gasteiger partial charge in [-0.05, 0) is 45.0 Å². The fourth-order valence-electron chi connectivity index (χ4n) is 1.29. The molecular weight excluding hydrogens is 348 g/mol. The van der Waals surface area contributed by atoms with E-state index in [1.54, 1.807) is 12.1 Å². The smallest absolute Gasteiger partial charge is 0.177 e. The molecule has 0 aliphatic heterocycles. The summed E-state index contributed by atoms with van der Waals surface area (Å²) in [4.78, 5) is 11.7. The first-order chi connectivity index (χ1) is 7.83. The van der Waals surface area contributed by atoms with E-state index >= 15 is 0 Å². The zero-order valence-electron chi connectivity index (χ0n) is 10.2. The van der Waals surface area contributed by atoms with Gasteiger partial charge in [0, 0.05) is 10.9 Å². The van der Waals surface area contributed by atoms with Crippen LogP contribution >= 0.6 is 31.9 Å². The summed E-state index contributed by atoms with van der Waals surface area (Å²) in [7, 11) is 0. The first-order valence-electron chi connectivity index (χ1n) is 5.37. The standard InChI is InChI=1S/C13H16Br2O2/c1-13(2,3)17-10-6-4-9(5-7-10)12(16)11(15)8-14/h4-7,11H,8H2,1-3H3. The number of benzene rings is 1. The zero-order chi connectivity index (χ0) is 13.1. The van der Waals surface area contributed by atoms with Crippen molar-refractivity contribution in [3.8, 4) is 5.75 Å². The molecule has 0 saturated carbocycles. The number of Topliss-reactive ketones (excluding diaryl/α,β-unsaturated/α-hetero) is 1. The number of ketones is 1. The highest BCUT2D eigenvalue weighted by molar-refractivity contribution is 9.12. The van der Waals surface area contributed by atoms with Crippen molar-refractivity contribution in [1.29, 1.82) is 0 Å². The summed E-state index contributed by atoms with van der Waals surface area (Å²) in [6.45, 7) is 5.97. The molecule has 0 fully saturated rings. The minimum absolute atomic E-state index is 0.0733. The monoisotopic (exact) mass is 362 g/mol. The van der Waals surface area contributed by atoms with E-state index < -0.39 is 0 Å². The van der Waals surface area contributed by atoms with Crippen LogP contribution in [0.15, 0.2) is 24.3 Å². The van der Waals surface area contributed by atoms with Gasteiger partial charge < -0.3 is 4.74 Å². The highest BCUT2D eigenvalue weighted by atomic mass is 79.9. The summed E-state index contributed by atoms with van der Waals surface area (Å²) in [5.74, 6) is 0.850. The number of hydrogen-bond donors (Lipinski definition) is 0. The lowest BCUT2D eigenvalue weighted by molar-refractivity contribution is 0.0997. The first kappa shape index (κ1) is 14.7. The van der Waals surface area contributed by atoms with E-state index in [4.69, 9.17) is 4.74 Å². The van der Waals surface area contributed by atoms with Crippen LogP contribution in [0.5, 0.6) is 5.75 Å². The molecule has 1 unspecified atom stereocenters. The van der Waals surface area contributed by atoms with Gasteiger partial charge in [0.2, 0.25) is 0 Å². The third-order valence-electron chi connectivity index (χ3n) is 1.98. The molecule has 94 valence electrons. The van der Waals surface area contributed by atoms with Gasteiger partial charge in [-0.2, -0.15) is 0 Å². The number of carbonyl (C=O) groups excluding carboxylic acids is 1. The minimum atomic E-state index is -0.223. The number of rotatable bonds is 4. The molecular formula is C13H16Br2O2. The molecule has 0 aliphatic rings. The van der Waals surface area contributed by atoms with Crippen LogP contribution in [-0.2, 0) is 0 Å². The van der Waals surface area contributed by atoms with E-state index in [-0.39, 0.29) is 16.2 Å². The highest BCUT2D eigenvalue weighted by Crippen LogP contribution is 2.20. The molecule has 1 atom stereocenters. The molecule has 1 aromatic carbocycles. The van der Waals surface area contributed by atoms with Crippen molar-refractivity contribution in [2.24, 2.45) is 0 Å². The lowest BCUT2D eigenvalue weighted by atomic mass is 10.1. The van der Waals surface area contributed by atoms with E-state index in [0.717, 1.165) is 5.75 Å². The molecule has 0 bridgehead atoms. The summed E-state index contributed by atoms with van der Waals surface area (Å²) in [6, 6.07) is 7.24. The Morgan fingerprint density at radius 1 is 1.29 bits per heavy atom. The largest absolute Gasteiger partial charge is 0.488 e. The quantitative estimate of drug-likeness (QED) is 0.591. The molecule has 0 aliphatic carbocycles. The Morgan fingerprint density at radius 2 is 1.82 bits per heavy atom. The van der Waals surface area contributed by atoms with Gasteiger partial charge >= 0.3 is 0 Å². The van der Waals surface area contributed by atoms with Gasteiger partial charge in [-0.25, -0.2) is 0 Å². The fourth-order valence-corrected chi connectivity index (χ4v) is 1.85. The van der Waals surface area contributed by atoms with E-state index in [2.05, 4.69) is 31.9 Å². The summed E-state index contributed by atoms with van der Waals surface area (Å²) < 4.78 is 5.69. The van der Waals surface area contributed by atoms with Crippen LogP contribution in [-0.4, -0.2) is 21.5 Å². The average molecular weight is 364 g/mol. The maximum absolute atomic E-state index is 11.9. The lowest BCUT2D eigenvalue weighted by Gasteiger charge is -2.21. The molecule has 1 rings (SSSR count). The van der Waals surface area contributed by atoms with E-state index in [1.165, 1.54) is 0 Å². The number of alkyl halides is 2. The van der Waals surface area contributed by atoms with Crippen molar-refractivity contribution in [3.63, 3.8) is 0 Å². The van der Waals surface area contributed by atoms with Gasteiger partial charge in [0.25, 0.3) is 0 Å². The maximum Gasteiger partial charge on any atom is 0.177 e. The van der Waals surface area contributed by atoms with Crippen molar-refractivity contribution in [2.45, 2.75) is 31.2 Å². The molecule has 0 aromatic heterocycles. The topological polar surface area (TPSA) is 26.3 Å². The fraction of sp³-hybridized carbons (Fsp3) is 0.462. The highest BCUT2D eigenvalue weighted by Gasteiger charge is 2.16. The van der Waals surface area contributed by atoms with Crippen molar-refractivity contribution in [3.05, 3.63) is 29.8 Å². The first-order valence-corrected chi connectivity index (χ1v) is 7.40. The van der Waals surface area contributed by atoms with Crippen molar-refractivity contribution in [2.75, 3.05) is 5.33 Å². The Kier molecular flexibility index (Phi) is 5.20. The number of ether oxygens (including phenoxy) is 1. The second-order valence-corrected chi connectivity index (χ2v) is 6.48. The predicted molar refractivity (Wildman–Crippen MR) is 77.7 cm³/mol. The summed E-state index contributed by atoms with van der Waals surface area (Å²) in [5.41, 5.74) is 0.465. The van der Waals surface area contributed by atoms with Crippen LogP contribution in [0.2, 0.25) is 0 Å². The third kappa shape index (κ3) is 4.80. The van der Waals surface area contributed by atoms with Gasteiger partial charge in [-0.1, -0.05) is 31.9 Å². The minimum Gasteiger partial charge on any atom is -0.488 e. The molecule has 4 heteroatoms. The van der Waals surface area contributed by atoms with Crippen LogP contribution < -0.4 is 4.74 Å². The molecule has 0 N–H and O–H groups in total. The predicted octanol–water partition coefficient (Wildman–Crippen LogP) is 4.21. The maximum atomic E-state index is 11.9. The summed E-state index contributed by atoms with van der Waals surface area (Å²) in [6.07, 6.45) is 0. The molecule has 0 saturated heterocycles. The van der Waals surface area contributed by atoms with Crippen LogP contribution in [0, 0.1) is 0 Å². The molecule has 2 nitrogen and oxygen atoms in total. The van der Waals surface area contributed by atoms with Gasteiger partial charge in [0.15, 0.2) is 5.78 Å². The molecule has 0 heterocycles. The second-order valence-electron chi connectivity index (χ2n) is 4.72. The van der Waals surface area contributed by atoms with Crippen LogP contribution in [0.25, 0.3) is 0 Å². The number of hydrogen-bond acceptors (Lipinski definition) is 2. The Balaban J connectivity index is 2.78. The van der Waals surface area contributed by atoms with Crippen LogP contribution in [0.1, 0.15) is 31.1 Å². The summed E-state index contributed by atoms with van der Waals surface area (Å²) >= 11 is 6.59. The number of carbonyl (C=O) groups is 1. The summed E-state index contributed by atoms with van der Waals surface area (Å²) in [5, 5.41) is 0.603. The van der Waals surface area contributed by atoms with Crippen LogP contribution in [0.3, 0.4) is 0 Å². The SMILES string of the molecule is CC(C)(C)Oc1ccc(C(=O)C(Br)CBr)cc1. The van der Waals surface area contributed by atoms with Crippen LogP contribution in [0.4, 0.5) is 0 Å². The zero-order valence-corrected chi connectivity index (χ0v) is 13.3. The average Bonchev–Trinajstić information content (AvgIpc) is 2.26. The van der Waals surface area contributed by atoms with Crippen molar-refractivity contribution in [1.82, 2.24) is 0 Å². The molecule has 0 amide bonds. The Bertz CT molecular complexity index is 379. The Labute approximate surface area is 119 Å². The number of halogens is 2. The van der Waals surface area contributed by atoms with E-state index in [0.29, 0.717) is 10.9 Å². The normalized spacial score (nSPS) is 13.2. The van der Waals surface area contributed by atoms with Gasteiger partial charge in [-0.3, -0.25) is 4.79 Å². The third-order valence-corrected chi connectivity index (χ3v) is 4.24. The molecule has 17 heavy (non-hydrogen) atoms. The van der Waals surface area contributed by atoms with E-state index in [1.807, 2.05) is 32.9 Å². The molecule has 0 radical (unpaired) electrons. The molecule has 1 aromatic rings. The second kappa shape index (κ2) is 6.01.